The molecule has 0 radical (unpaired) electrons. The van der Waals surface area contributed by atoms with Crippen molar-refractivity contribution in [3.05, 3.63) is 11.6 Å². The zero-order chi connectivity index (χ0) is 17.2. The molecular formula is C18H41N5. The summed E-state index contributed by atoms with van der Waals surface area (Å²) in [6.45, 7) is 6.46. The number of nitrogens with two attached hydrogens (primary N) is 4. The molecule has 0 atom stereocenters. The Balaban J connectivity index is 3.98. The summed E-state index contributed by atoms with van der Waals surface area (Å²) in [6.07, 6.45) is 12.7. The van der Waals surface area contributed by atoms with Crippen molar-refractivity contribution in [2.45, 2.75) is 57.8 Å². The van der Waals surface area contributed by atoms with Gasteiger partial charge in [-0.1, -0.05) is 11.6 Å². The molecule has 0 spiro atoms. The minimum atomic E-state index is 0.771. The number of hydrogen-bond acceptors (Lipinski definition) is 5. The van der Waals surface area contributed by atoms with Crippen LogP contribution in [-0.2, 0) is 0 Å². The first-order valence-corrected chi connectivity index (χ1v) is 9.49. The molecule has 23 heavy (non-hydrogen) atoms. The molecule has 0 aliphatic heterocycles. The molecule has 0 saturated carbocycles. The molecule has 5 heteroatoms. The molecule has 0 aromatic carbocycles. The van der Waals surface area contributed by atoms with Gasteiger partial charge in [-0.25, -0.2) is 0 Å². The molecular weight excluding hydrogens is 286 g/mol. The monoisotopic (exact) mass is 327 g/mol. The summed E-state index contributed by atoms with van der Waals surface area (Å²) in [6, 6.07) is 0. The van der Waals surface area contributed by atoms with Crippen LogP contribution < -0.4 is 22.9 Å². The minimum absolute atomic E-state index is 0.771. The maximum absolute atomic E-state index is 5.62. The minimum Gasteiger partial charge on any atom is -0.330 e. The third-order valence-electron chi connectivity index (χ3n) is 4.12. The van der Waals surface area contributed by atoms with Gasteiger partial charge in [0.2, 0.25) is 0 Å². The van der Waals surface area contributed by atoms with Crippen LogP contribution in [0.4, 0.5) is 0 Å². The summed E-state index contributed by atoms with van der Waals surface area (Å²) in [5, 5.41) is 0. The lowest BCUT2D eigenvalue weighted by atomic mass is 10.0. The van der Waals surface area contributed by atoms with E-state index in [9.17, 15) is 0 Å². The van der Waals surface area contributed by atoms with Gasteiger partial charge in [-0.3, -0.25) is 0 Å². The highest BCUT2D eigenvalue weighted by Crippen LogP contribution is 2.14. The quantitative estimate of drug-likeness (QED) is 0.239. The molecule has 0 amide bonds. The molecule has 0 aromatic heterocycles. The molecule has 0 fully saturated rings. The third-order valence-corrected chi connectivity index (χ3v) is 4.12. The average molecular weight is 328 g/mol. The number of allylic oxidation sites excluding steroid dienone is 2. The van der Waals surface area contributed by atoms with Gasteiger partial charge in [-0.2, -0.15) is 0 Å². The standard InChI is InChI=1S/C18H41N5/c19-11-4-9-18(10-5-12-20)8-2-1-3-15-23(16-6-13-21)17-7-14-22/h8H,1-7,9-17,19-22H2. The first-order valence-electron chi connectivity index (χ1n) is 9.49. The smallest absolute Gasteiger partial charge is 0.000671 e. The van der Waals surface area contributed by atoms with Crippen molar-refractivity contribution >= 4 is 0 Å². The number of rotatable bonds is 17. The molecule has 0 aromatic rings. The summed E-state index contributed by atoms with van der Waals surface area (Å²) < 4.78 is 0. The van der Waals surface area contributed by atoms with Crippen molar-refractivity contribution in [2.75, 3.05) is 45.8 Å². The van der Waals surface area contributed by atoms with E-state index >= 15 is 0 Å². The third kappa shape index (κ3) is 14.8. The molecule has 0 heterocycles. The molecule has 0 aliphatic carbocycles. The van der Waals surface area contributed by atoms with Gasteiger partial charge in [0.15, 0.2) is 0 Å². The second kappa shape index (κ2) is 17.9. The van der Waals surface area contributed by atoms with Gasteiger partial charge in [-0.15, -0.1) is 0 Å². The van der Waals surface area contributed by atoms with Crippen molar-refractivity contribution in [1.82, 2.24) is 4.90 Å². The lowest BCUT2D eigenvalue weighted by Gasteiger charge is -2.21. The summed E-state index contributed by atoms with van der Waals surface area (Å²) in [5.74, 6) is 0. The van der Waals surface area contributed by atoms with Crippen LogP contribution >= 0.6 is 0 Å². The first-order chi connectivity index (χ1) is 11.3. The maximum atomic E-state index is 5.62. The van der Waals surface area contributed by atoms with E-state index in [1.807, 2.05) is 0 Å². The molecule has 0 saturated heterocycles. The fraction of sp³-hybridized carbons (Fsp3) is 0.889. The Labute approximate surface area is 143 Å². The van der Waals surface area contributed by atoms with Crippen LogP contribution in [0.5, 0.6) is 0 Å². The van der Waals surface area contributed by atoms with E-state index < -0.39 is 0 Å². The molecule has 5 nitrogen and oxygen atoms in total. The summed E-state index contributed by atoms with van der Waals surface area (Å²) in [7, 11) is 0. The van der Waals surface area contributed by atoms with Crippen molar-refractivity contribution in [2.24, 2.45) is 22.9 Å². The Kier molecular flexibility index (Phi) is 17.5. The molecule has 0 rings (SSSR count). The van der Waals surface area contributed by atoms with Crippen molar-refractivity contribution in [3.63, 3.8) is 0 Å². The normalized spacial score (nSPS) is 11.2. The Morgan fingerprint density at radius 3 is 1.57 bits per heavy atom. The zero-order valence-electron chi connectivity index (χ0n) is 15.1. The van der Waals surface area contributed by atoms with E-state index in [4.69, 9.17) is 22.9 Å². The molecule has 0 aliphatic rings. The Morgan fingerprint density at radius 1 is 0.609 bits per heavy atom. The van der Waals surface area contributed by atoms with Crippen LogP contribution in [0, 0.1) is 0 Å². The van der Waals surface area contributed by atoms with E-state index in [1.54, 1.807) is 5.57 Å². The van der Waals surface area contributed by atoms with Gasteiger partial charge < -0.3 is 27.8 Å². The highest BCUT2D eigenvalue weighted by molar-refractivity contribution is 5.02. The van der Waals surface area contributed by atoms with Crippen LogP contribution in [0.3, 0.4) is 0 Å². The van der Waals surface area contributed by atoms with Crippen LogP contribution in [0.25, 0.3) is 0 Å². The Morgan fingerprint density at radius 2 is 1.09 bits per heavy atom. The van der Waals surface area contributed by atoms with E-state index in [0.717, 1.165) is 84.3 Å². The number of unbranched alkanes of at least 4 members (excludes halogenated alkanes) is 2. The number of hydrogen-bond donors (Lipinski definition) is 4. The van der Waals surface area contributed by atoms with Crippen LogP contribution in [-0.4, -0.2) is 50.7 Å². The van der Waals surface area contributed by atoms with Gasteiger partial charge in [0.05, 0.1) is 0 Å². The van der Waals surface area contributed by atoms with Crippen molar-refractivity contribution in [1.29, 1.82) is 0 Å². The van der Waals surface area contributed by atoms with Crippen LogP contribution in [0.1, 0.15) is 57.8 Å². The van der Waals surface area contributed by atoms with E-state index in [0.29, 0.717) is 0 Å². The summed E-state index contributed by atoms with van der Waals surface area (Å²) >= 11 is 0. The average Bonchev–Trinajstić information content (AvgIpc) is 2.57. The van der Waals surface area contributed by atoms with Crippen molar-refractivity contribution in [3.8, 4) is 0 Å². The van der Waals surface area contributed by atoms with Gasteiger partial charge in [0, 0.05) is 0 Å². The van der Waals surface area contributed by atoms with Crippen molar-refractivity contribution < 1.29 is 0 Å². The fourth-order valence-corrected chi connectivity index (χ4v) is 2.74. The van der Waals surface area contributed by atoms with Gasteiger partial charge >= 0.3 is 0 Å². The molecule has 0 bridgehead atoms. The van der Waals surface area contributed by atoms with Gasteiger partial charge in [0.25, 0.3) is 0 Å². The van der Waals surface area contributed by atoms with Crippen LogP contribution in [0.2, 0.25) is 0 Å². The first kappa shape index (κ1) is 22.5. The SMILES string of the molecule is NCCCC(=CCCCCN(CCCN)CCCN)CCCN. The Hall–Kier alpha value is -0.460. The topological polar surface area (TPSA) is 107 Å². The predicted molar refractivity (Wildman–Crippen MR) is 102 cm³/mol. The second-order valence-electron chi connectivity index (χ2n) is 6.27. The van der Waals surface area contributed by atoms with E-state index in [-0.39, 0.29) is 0 Å². The lowest BCUT2D eigenvalue weighted by Crippen LogP contribution is -2.29. The lowest BCUT2D eigenvalue weighted by molar-refractivity contribution is 0.265. The molecule has 8 N–H and O–H groups in total. The predicted octanol–water partition coefficient (Wildman–Crippen LogP) is 1.56. The van der Waals surface area contributed by atoms with E-state index in [1.165, 1.54) is 19.3 Å². The number of nitrogens with zero attached hydrogens (tertiary/aromatic N) is 1. The van der Waals surface area contributed by atoms with E-state index in [2.05, 4.69) is 11.0 Å². The summed E-state index contributed by atoms with van der Waals surface area (Å²) in [4.78, 5) is 2.51. The largest absolute Gasteiger partial charge is 0.330 e. The highest BCUT2D eigenvalue weighted by Gasteiger charge is 2.03. The van der Waals surface area contributed by atoms with Crippen LogP contribution in [0.15, 0.2) is 11.6 Å². The Bertz CT molecular complexity index is 250. The fourth-order valence-electron chi connectivity index (χ4n) is 2.74. The highest BCUT2D eigenvalue weighted by atomic mass is 15.1. The zero-order valence-corrected chi connectivity index (χ0v) is 15.1. The van der Waals surface area contributed by atoms with Gasteiger partial charge in [-0.05, 0) is 104 Å². The summed E-state index contributed by atoms with van der Waals surface area (Å²) in [5.41, 5.74) is 24.0. The maximum Gasteiger partial charge on any atom is -0.000671 e. The molecule has 138 valence electrons. The second-order valence-corrected chi connectivity index (χ2v) is 6.27. The van der Waals surface area contributed by atoms with Gasteiger partial charge in [0.1, 0.15) is 0 Å². The molecule has 0 unspecified atom stereocenters.